The quantitative estimate of drug-likeness (QED) is 0.311. The number of methoxy groups -OCH3 is 1. The molecule has 0 saturated carbocycles. The van der Waals surface area contributed by atoms with Crippen LogP contribution in [-0.2, 0) is 16.1 Å². The molecule has 0 aliphatic carbocycles. The summed E-state index contributed by atoms with van der Waals surface area (Å²) in [5, 5.41) is 4.63. The highest BCUT2D eigenvalue weighted by Gasteiger charge is 2.20. The van der Waals surface area contributed by atoms with Crippen molar-refractivity contribution in [3.05, 3.63) is 58.4 Å². The summed E-state index contributed by atoms with van der Waals surface area (Å²) in [6, 6.07) is 9.81. The first kappa shape index (κ1) is 26.9. The zero-order valence-electron chi connectivity index (χ0n) is 21.5. The van der Waals surface area contributed by atoms with Crippen LogP contribution in [0.15, 0.2) is 41.5 Å². The van der Waals surface area contributed by atoms with E-state index in [-0.39, 0.29) is 12.2 Å². The molecular weight excluding hydrogens is 529 g/mol. The maximum absolute atomic E-state index is 14.2. The third kappa shape index (κ3) is 6.83. The van der Waals surface area contributed by atoms with E-state index in [2.05, 4.69) is 30.3 Å². The molecule has 1 N–H and O–H groups in total. The first-order valence-electron chi connectivity index (χ1n) is 12.5. The molecular formula is C26H29ClFN7O4. The Kier molecular flexibility index (Phi) is 8.86. The summed E-state index contributed by atoms with van der Waals surface area (Å²) in [6.07, 6.45) is 1.61. The first-order valence-corrected chi connectivity index (χ1v) is 12.9. The molecule has 206 valence electrons. The molecule has 2 fully saturated rings. The molecule has 0 atom stereocenters. The number of hydrogen-bond donors (Lipinski definition) is 1. The largest absolute Gasteiger partial charge is 0.493 e. The lowest BCUT2D eigenvalue weighted by molar-refractivity contribution is 0.121. The lowest BCUT2D eigenvalue weighted by Gasteiger charge is -2.30. The highest BCUT2D eigenvalue weighted by molar-refractivity contribution is 6.31. The second-order valence-corrected chi connectivity index (χ2v) is 9.13. The number of anilines is 3. The number of hydrazone groups is 1. The van der Waals surface area contributed by atoms with Gasteiger partial charge in [0.1, 0.15) is 12.4 Å². The maximum Gasteiger partial charge on any atom is 0.250 e. The predicted molar refractivity (Wildman–Crippen MR) is 146 cm³/mol. The zero-order chi connectivity index (χ0) is 27.0. The topological polar surface area (TPSA) is 106 Å². The van der Waals surface area contributed by atoms with Gasteiger partial charge in [0.15, 0.2) is 11.5 Å². The number of hydrogen-bond acceptors (Lipinski definition) is 11. The molecule has 2 saturated heterocycles. The Bertz CT molecular complexity index is 1250. The van der Waals surface area contributed by atoms with Gasteiger partial charge in [0, 0.05) is 31.7 Å². The van der Waals surface area contributed by atoms with Crippen LogP contribution in [0.25, 0.3) is 0 Å². The monoisotopic (exact) mass is 557 g/mol. The van der Waals surface area contributed by atoms with E-state index in [1.165, 1.54) is 13.2 Å². The predicted octanol–water partition coefficient (Wildman–Crippen LogP) is 3.37. The van der Waals surface area contributed by atoms with Crippen LogP contribution in [0.1, 0.15) is 11.1 Å². The fraction of sp³-hybridized carbons (Fsp3) is 0.385. The maximum atomic E-state index is 14.2. The van der Waals surface area contributed by atoms with Crippen LogP contribution in [0.3, 0.4) is 0 Å². The van der Waals surface area contributed by atoms with Gasteiger partial charge < -0.3 is 28.7 Å². The second-order valence-electron chi connectivity index (χ2n) is 8.73. The van der Waals surface area contributed by atoms with E-state index in [0.717, 1.165) is 0 Å². The van der Waals surface area contributed by atoms with Gasteiger partial charge in [0.05, 0.1) is 44.8 Å². The number of morpholine rings is 2. The van der Waals surface area contributed by atoms with Crippen LogP contribution in [0.4, 0.5) is 22.2 Å². The van der Waals surface area contributed by atoms with Crippen LogP contribution in [-0.4, -0.2) is 80.9 Å². The summed E-state index contributed by atoms with van der Waals surface area (Å²) in [7, 11) is 1.53. The van der Waals surface area contributed by atoms with Crippen LogP contribution in [0.2, 0.25) is 5.02 Å². The molecule has 0 spiro atoms. The zero-order valence-corrected chi connectivity index (χ0v) is 22.2. The SMILES string of the molecule is COc1ccc(/C=N/Nc2nc(N3CCOCC3)nc(N3CCOCC3)n2)cc1OCc1c(F)cccc1Cl. The highest BCUT2D eigenvalue weighted by atomic mass is 35.5. The fourth-order valence-electron chi connectivity index (χ4n) is 4.08. The van der Waals surface area contributed by atoms with E-state index >= 15 is 0 Å². The fourth-order valence-corrected chi connectivity index (χ4v) is 4.30. The normalized spacial score (nSPS) is 16.0. The van der Waals surface area contributed by atoms with Crippen molar-refractivity contribution >= 4 is 35.7 Å². The van der Waals surface area contributed by atoms with Crippen molar-refractivity contribution < 1.29 is 23.3 Å². The number of aromatic nitrogens is 3. The Labute approximate surface area is 230 Å². The van der Waals surface area contributed by atoms with Crippen molar-refractivity contribution in [2.24, 2.45) is 5.10 Å². The molecule has 0 amide bonds. The minimum absolute atomic E-state index is 0.0554. The molecule has 3 aromatic rings. The Hall–Kier alpha value is -3.74. The van der Waals surface area contributed by atoms with Crippen LogP contribution in [0, 0.1) is 5.82 Å². The minimum atomic E-state index is -0.436. The third-order valence-electron chi connectivity index (χ3n) is 6.20. The van der Waals surface area contributed by atoms with Gasteiger partial charge in [-0.25, -0.2) is 9.82 Å². The molecule has 13 heteroatoms. The summed E-state index contributed by atoms with van der Waals surface area (Å²) in [5.41, 5.74) is 3.91. The lowest BCUT2D eigenvalue weighted by atomic mass is 10.2. The Balaban J connectivity index is 1.32. The van der Waals surface area contributed by atoms with Gasteiger partial charge in [-0.2, -0.15) is 20.1 Å². The van der Waals surface area contributed by atoms with Gasteiger partial charge in [-0.05, 0) is 35.9 Å². The molecule has 2 aliphatic heterocycles. The van der Waals surface area contributed by atoms with E-state index < -0.39 is 5.82 Å². The number of nitrogens with one attached hydrogen (secondary N) is 1. The first-order chi connectivity index (χ1) is 19.1. The molecule has 3 heterocycles. The van der Waals surface area contributed by atoms with E-state index in [0.29, 0.717) is 92.5 Å². The van der Waals surface area contributed by atoms with Gasteiger partial charge in [-0.1, -0.05) is 17.7 Å². The average molecular weight is 558 g/mol. The number of benzene rings is 2. The highest BCUT2D eigenvalue weighted by Crippen LogP contribution is 2.30. The molecule has 2 aliphatic rings. The second kappa shape index (κ2) is 12.9. The Morgan fingerprint density at radius 2 is 1.64 bits per heavy atom. The number of ether oxygens (including phenoxy) is 4. The minimum Gasteiger partial charge on any atom is -0.493 e. The number of rotatable bonds is 9. The summed E-state index contributed by atoms with van der Waals surface area (Å²) in [6.45, 7) is 5.19. The molecule has 11 nitrogen and oxygen atoms in total. The standard InChI is InChI=1S/C26H29ClFN7O4/c1-36-22-6-5-18(15-23(22)39-17-19-20(27)3-2-4-21(19)28)16-29-33-24-30-25(34-7-11-37-12-8-34)32-26(31-24)35-9-13-38-14-10-35/h2-6,15-16H,7-14,17H2,1H3,(H,30,31,32,33)/b29-16+. The Morgan fingerprint density at radius 1 is 0.974 bits per heavy atom. The number of nitrogens with zero attached hydrogens (tertiary/aromatic N) is 6. The van der Waals surface area contributed by atoms with Gasteiger partial charge in [-0.3, -0.25) is 0 Å². The Morgan fingerprint density at radius 3 is 2.26 bits per heavy atom. The molecule has 39 heavy (non-hydrogen) atoms. The van der Waals surface area contributed by atoms with Crippen molar-refractivity contribution in [1.82, 2.24) is 15.0 Å². The lowest BCUT2D eigenvalue weighted by Crippen LogP contribution is -2.40. The van der Waals surface area contributed by atoms with Gasteiger partial charge in [0.25, 0.3) is 0 Å². The van der Waals surface area contributed by atoms with Crippen molar-refractivity contribution in [1.29, 1.82) is 0 Å². The van der Waals surface area contributed by atoms with E-state index in [4.69, 9.17) is 35.5 Å². The van der Waals surface area contributed by atoms with E-state index in [9.17, 15) is 4.39 Å². The molecule has 0 unspecified atom stereocenters. The summed E-state index contributed by atoms with van der Waals surface area (Å²) >= 11 is 6.13. The summed E-state index contributed by atoms with van der Waals surface area (Å²) in [5.74, 6) is 1.94. The van der Waals surface area contributed by atoms with E-state index in [1.807, 2.05) is 6.07 Å². The van der Waals surface area contributed by atoms with Crippen molar-refractivity contribution in [3.63, 3.8) is 0 Å². The summed E-state index contributed by atoms with van der Waals surface area (Å²) in [4.78, 5) is 18.0. The molecule has 0 bridgehead atoms. The van der Waals surface area contributed by atoms with Crippen molar-refractivity contribution in [2.45, 2.75) is 6.61 Å². The smallest absolute Gasteiger partial charge is 0.250 e. The summed E-state index contributed by atoms with van der Waals surface area (Å²) < 4.78 is 36.4. The van der Waals surface area contributed by atoms with Crippen molar-refractivity contribution in [3.8, 4) is 11.5 Å². The van der Waals surface area contributed by atoms with Crippen LogP contribution >= 0.6 is 11.6 Å². The third-order valence-corrected chi connectivity index (χ3v) is 6.55. The molecule has 5 rings (SSSR count). The van der Waals surface area contributed by atoms with Crippen LogP contribution < -0.4 is 24.7 Å². The average Bonchev–Trinajstić information content (AvgIpc) is 2.98. The molecule has 0 radical (unpaired) electrons. The van der Waals surface area contributed by atoms with Crippen LogP contribution in [0.5, 0.6) is 11.5 Å². The van der Waals surface area contributed by atoms with Gasteiger partial charge >= 0.3 is 0 Å². The molecule has 1 aromatic heterocycles. The van der Waals surface area contributed by atoms with Gasteiger partial charge in [0.2, 0.25) is 17.8 Å². The van der Waals surface area contributed by atoms with E-state index in [1.54, 1.807) is 30.5 Å². The molecule has 2 aromatic carbocycles. The number of halogens is 2. The van der Waals surface area contributed by atoms with Gasteiger partial charge in [-0.15, -0.1) is 0 Å². The van der Waals surface area contributed by atoms with Crippen molar-refractivity contribution in [2.75, 3.05) is 74.9 Å².